The van der Waals surface area contributed by atoms with Crippen LogP contribution in [0.2, 0.25) is 0 Å². The van der Waals surface area contributed by atoms with Gasteiger partial charge in [-0.3, -0.25) is 4.99 Å². The smallest absolute Gasteiger partial charge is 0.191 e. The van der Waals surface area contributed by atoms with Crippen molar-refractivity contribution in [1.82, 2.24) is 10.6 Å². The molecule has 0 atom stereocenters. The second-order valence-corrected chi connectivity index (χ2v) is 6.64. The highest BCUT2D eigenvalue weighted by Crippen LogP contribution is 2.20. The lowest BCUT2D eigenvalue weighted by Gasteiger charge is -2.13. The standard InChI is InChI=1S/C18H37N3O2/c1-4-19-18(20-11-7-13-22-15-16(2)3)21-12-8-14-23-17-9-5-6-10-17/h16-17H,4-15H2,1-3H3,(H2,19,20,21). The van der Waals surface area contributed by atoms with Crippen LogP contribution in [0.25, 0.3) is 0 Å². The molecule has 0 aromatic heterocycles. The lowest BCUT2D eigenvalue weighted by atomic mass is 10.2. The van der Waals surface area contributed by atoms with Crippen molar-refractivity contribution in [2.24, 2.45) is 10.9 Å². The van der Waals surface area contributed by atoms with Crippen LogP contribution in [0.3, 0.4) is 0 Å². The monoisotopic (exact) mass is 327 g/mol. The largest absolute Gasteiger partial charge is 0.381 e. The van der Waals surface area contributed by atoms with Crippen LogP contribution < -0.4 is 10.6 Å². The average molecular weight is 328 g/mol. The summed E-state index contributed by atoms with van der Waals surface area (Å²) in [7, 11) is 0. The molecule has 0 aromatic rings. The van der Waals surface area contributed by atoms with Gasteiger partial charge in [0.25, 0.3) is 0 Å². The van der Waals surface area contributed by atoms with Crippen molar-refractivity contribution in [3.05, 3.63) is 0 Å². The van der Waals surface area contributed by atoms with Crippen molar-refractivity contribution >= 4 is 5.96 Å². The minimum absolute atomic E-state index is 0.516. The Bertz CT molecular complexity index is 303. The summed E-state index contributed by atoms with van der Waals surface area (Å²) in [5, 5.41) is 6.65. The summed E-state index contributed by atoms with van der Waals surface area (Å²) in [4.78, 5) is 4.58. The predicted octanol–water partition coefficient (Wildman–Crippen LogP) is 2.95. The molecule has 5 nitrogen and oxygen atoms in total. The third-order valence-electron chi connectivity index (χ3n) is 3.78. The molecule has 0 aliphatic heterocycles. The molecule has 1 aliphatic rings. The summed E-state index contributed by atoms with van der Waals surface area (Å²) in [6.07, 6.45) is 7.67. The molecule has 1 saturated carbocycles. The third-order valence-corrected chi connectivity index (χ3v) is 3.78. The Labute approximate surface area is 142 Å². The molecular weight excluding hydrogens is 290 g/mol. The Morgan fingerprint density at radius 2 is 1.91 bits per heavy atom. The van der Waals surface area contributed by atoms with Gasteiger partial charge in [0.15, 0.2) is 5.96 Å². The van der Waals surface area contributed by atoms with Crippen molar-refractivity contribution in [3.63, 3.8) is 0 Å². The van der Waals surface area contributed by atoms with Gasteiger partial charge >= 0.3 is 0 Å². The Hall–Kier alpha value is -0.810. The fraction of sp³-hybridized carbons (Fsp3) is 0.944. The summed E-state index contributed by atoms with van der Waals surface area (Å²) in [5.41, 5.74) is 0. The Morgan fingerprint density at radius 1 is 1.13 bits per heavy atom. The van der Waals surface area contributed by atoms with Gasteiger partial charge in [0.2, 0.25) is 0 Å². The first kappa shape index (κ1) is 20.2. The molecule has 0 heterocycles. The summed E-state index contributed by atoms with van der Waals surface area (Å²) >= 11 is 0. The third kappa shape index (κ3) is 11.4. The fourth-order valence-corrected chi connectivity index (χ4v) is 2.60. The van der Waals surface area contributed by atoms with E-state index < -0.39 is 0 Å². The molecule has 23 heavy (non-hydrogen) atoms. The van der Waals surface area contributed by atoms with E-state index in [2.05, 4.69) is 36.4 Å². The molecule has 2 N–H and O–H groups in total. The van der Waals surface area contributed by atoms with Crippen LogP contribution in [0.15, 0.2) is 4.99 Å². The van der Waals surface area contributed by atoms with Gasteiger partial charge in [-0.1, -0.05) is 26.7 Å². The second-order valence-electron chi connectivity index (χ2n) is 6.64. The number of hydrogen-bond donors (Lipinski definition) is 2. The van der Waals surface area contributed by atoms with E-state index in [0.717, 1.165) is 58.3 Å². The first-order valence-corrected chi connectivity index (χ1v) is 9.44. The molecule has 5 heteroatoms. The summed E-state index contributed by atoms with van der Waals surface area (Å²) in [5.74, 6) is 1.50. The van der Waals surface area contributed by atoms with Gasteiger partial charge < -0.3 is 20.1 Å². The zero-order valence-corrected chi connectivity index (χ0v) is 15.4. The topological polar surface area (TPSA) is 54.9 Å². The number of guanidine groups is 1. The van der Waals surface area contributed by atoms with Crippen LogP contribution in [0, 0.1) is 5.92 Å². The molecule has 1 aliphatic carbocycles. The summed E-state index contributed by atoms with van der Waals surface area (Å²) < 4.78 is 11.4. The van der Waals surface area contributed by atoms with Crippen LogP contribution >= 0.6 is 0 Å². The van der Waals surface area contributed by atoms with Gasteiger partial charge in [-0.25, -0.2) is 0 Å². The highest BCUT2D eigenvalue weighted by molar-refractivity contribution is 5.79. The number of rotatable bonds is 12. The van der Waals surface area contributed by atoms with E-state index in [4.69, 9.17) is 9.47 Å². The van der Waals surface area contributed by atoms with E-state index in [9.17, 15) is 0 Å². The van der Waals surface area contributed by atoms with Gasteiger partial charge in [-0.15, -0.1) is 0 Å². The van der Waals surface area contributed by atoms with Crippen molar-refractivity contribution in [1.29, 1.82) is 0 Å². The maximum atomic E-state index is 5.87. The van der Waals surface area contributed by atoms with Crippen molar-refractivity contribution in [2.45, 2.75) is 65.4 Å². The van der Waals surface area contributed by atoms with E-state index in [1.807, 2.05) is 0 Å². The van der Waals surface area contributed by atoms with Crippen molar-refractivity contribution in [3.8, 4) is 0 Å². The predicted molar refractivity (Wildman–Crippen MR) is 97.1 cm³/mol. The zero-order chi connectivity index (χ0) is 16.8. The molecule has 0 spiro atoms. The highest BCUT2D eigenvalue weighted by atomic mass is 16.5. The molecule has 0 unspecified atom stereocenters. The van der Waals surface area contributed by atoms with Gasteiger partial charge in [-0.05, 0) is 38.5 Å². The average Bonchev–Trinajstić information content (AvgIpc) is 3.03. The number of nitrogens with zero attached hydrogens (tertiary/aromatic N) is 1. The van der Waals surface area contributed by atoms with E-state index in [0.29, 0.717) is 12.0 Å². The highest BCUT2D eigenvalue weighted by Gasteiger charge is 2.14. The maximum Gasteiger partial charge on any atom is 0.191 e. The number of hydrogen-bond acceptors (Lipinski definition) is 3. The Morgan fingerprint density at radius 3 is 2.61 bits per heavy atom. The van der Waals surface area contributed by atoms with Crippen LogP contribution in [0.5, 0.6) is 0 Å². The quantitative estimate of drug-likeness (QED) is 0.329. The van der Waals surface area contributed by atoms with Crippen LogP contribution in [-0.4, -0.2) is 51.5 Å². The minimum Gasteiger partial charge on any atom is -0.381 e. The van der Waals surface area contributed by atoms with Gasteiger partial charge in [0, 0.05) is 39.5 Å². The number of nitrogens with one attached hydrogen (secondary N) is 2. The molecule has 136 valence electrons. The molecular formula is C18H37N3O2. The lowest BCUT2D eigenvalue weighted by molar-refractivity contribution is 0.0574. The molecule has 1 fully saturated rings. The van der Waals surface area contributed by atoms with Gasteiger partial charge in [0.05, 0.1) is 6.10 Å². The molecule has 0 radical (unpaired) electrons. The SMILES string of the molecule is CCNC(=NCCCOCC(C)C)NCCCOC1CCCC1. The lowest BCUT2D eigenvalue weighted by Crippen LogP contribution is -2.38. The number of ether oxygens (including phenoxy) is 2. The summed E-state index contributed by atoms with van der Waals surface area (Å²) in [6, 6.07) is 0. The van der Waals surface area contributed by atoms with Crippen LogP contribution in [0.4, 0.5) is 0 Å². The van der Waals surface area contributed by atoms with Gasteiger partial charge in [-0.2, -0.15) is 0 Å². The van der Waals surface area contributed by atoms with Crippen LogP contribution in [-0.2, 0) is 9.47 Å². The van der Waals surface area contributed by atoms with Crippen molar-refractivity contribution < 1.29 is 9.47 Å². The molecule has 1 rings (SSSR count). The first-order chi connectivity index (χ1) is 11.2. The normalized spacial score (nSPS) is 16.3. The molecule has 0 aromatic carbocycles. The van der Waals surface area contributed by atoms with E-state index in [1.54, 1.807) is 0 Å². The van der Waals surface area contributed by atoms with Crippen molar-refractivity contribution in [2.75, 3.05) is 39.5 Å². The van der Waals surface area contributed by atoms with E-state index in [1.165, 1.54) is 25.7 Å². The van der Waals surface area contributed by atoms with E-state index in [-0.39, 0.29) is 0 Å². The fourth-order valence-electron chi connectivity index (χ4n) is 2.60. The first-order valence-electron chi connectivity index (χ1n) is 9.44. The molecule has 0 saturated heterocycles. The van der Waals surface area contributed by atoms with Gasteiger partial charge in [0.1, 0.15) is 0 Å². The Kier molecular flexibility index (Phi) is 12.0. The maximum absolute atomic E-state index is 5.87. The minimum atomic E-state index is 0.516. The number of aliphatic imine (C=N–C) groups is 1. The molecule has 0 bridgehead atoms. The Balaban J connectivity index is 2.04. The van der Waals surface area contributed by atoms with Crippen LogP contribution in [0.1, 0.15) is 59.3 Å². The zero-order valence-electron chi connectivity index (χ0n) is 15.4. The summed E-state index contributed by atoms with van der Waals surface area (Å²) in [6.45, 7) is 11.5. The second kappa shape index (κ2) is 13.6. The van der Waals surface area contributed by atoms with E-state index >= 15 is 0 Å². The molecule has 0 amide bonds.